The van der Waals surface area contributed by atoms with Crippen molar-refractivity contribution in [1.82, 2.24) is 10.2 Å². The fourth-order valence-electron chi connectivity index (χ4n) is 3.21. The van der Waals surface area contributed by atoms with E-state index in [9.17, 15) is 0 Å². The highest BCUT2D eigenvalue weighted by molar-refractivity contribution is 4.87. The second-order valence-corrected chi connectivity index (χ2v) is 7.45. The van der Waals surface area contributed by atoms with Crippen molar-refractivity contribution < 1.29 is 0 Å². The van der Waals surface area contributed by atoms with Gasteiger partial charge in [0.1, 0.15) is 0 Å². The molecule has 1 N–H and O–H groups in total. The van der Waals surface area contributed by atoms with Crippen LogP contribution in [0, 0.1) is 11.3 Å². The van der Waals surface area contributed by atoms with Crippen molar-refractivity contribution in [2.75, 3.05) is 26.7 Å². The minimum atomic E-state index is 0.518. The summed E-state index contributed by atoms with van der Waals surface area (Å²) >= 11 is 0. The topological polar surface area (TPSA) is 15.3 Å². The van der Waals surface area contributed by atoms with Gasteiger partial charge in [0.25, 0.3) is 0 Å². The Balaban J connectivity index is 2.59. The summed E-state index contributed by atoms with van der Waals surface area (Å²) in [6, 6.07) is 0.658. The van der Waals surface area contributed by atoms with Gasteiger partial charge in [-0.2, -0.15) is 0 Å². The van der Waals surface area contributed by atoms with E-state index in [0.29, 0.717) is 11.5 Å². The second kappa shape index (κ2) is 8.26. The van der Waals surface area contributed by atoms with E-state index >= 15 is 0 Å². The second-order valence-electron chi connectivity index (χ2n) is 7.45. The largest absolute Gasteiger partial charge is 0.316 e. The van der Waals surface area contributed by atoms with Crippen LogP contribution in [0.4, 0.5) is 0 Å². The third-order valence-corrected chi connectivity index (χ3v) is 4.68. The lowest BCUT2D eigenvalue weighted by Crippen LogP contribution is -2.45. The molecule has 19 heavy (non-hydrogen) atoms. The molecule has 0 bridgehead atoms. The molecule has 2 heteroatoms. The Morgan fingerprint density at radius 3 is 2.05 bits per heavy atom. The summed E-state index contributed by atoms with van der Waals surface area (Å²) in [7, 11) is 2.29. The Labute approximate surface area is 121 Å². The van der Waals surface area contributed by atoms with Crippen molar-refractivity contribution in [3.63, 3.8) is 0 Å². The first kappa shape index (κ1) is 17.0. The average molecular weight is 268 g/mol. The maximum Gasteiger partial charge on any atom is 0.00498 e. The van der Waals surface area contributed by atoms with E-state index in [1.807, 2.05) is 0 Å². The van der Waals surface area contributed by atoms with Gasteiger partial charge in [-0.05, 0) is 51.6 Å². The van der Waals surface area contributed by atoms with Gasteiger partial charge in [-0.25, -0.2) is 0 Å². The molecule has 0 saturated heterocycles. The van der Waals surface area contributed by atoms with Gasteiger partial charge in [-0.1, -0.05) is 39.5 Å². The molecule has 1 aliphatic carbocycles. The van der Waals surface area contributed by atoms with Gasteiger partial charge in [0, 0.05) is 19.1 Å². The zero-order chi connectivity index (χ0) is 14.3. The van der Waals surface area contributed by atoms with Crippen molar-refractivity contribution in [3.05, 3.63) is 0 Å². The molecule has 1 rings (SSSR count). The summed E-state index contributed by atoms with van der Waals surface area (Å²) in [5.41, 5.74) is 0.518. The molecule has 0 atom stereocenters. The van der Waals surface area contributed by atoms with Crippen LogP contribution in [0.3, 0.4) is 0 Å². The normalized spacial score (nSPS) is 20.2. The van der Waals surface area contributed by atoms with E-state index in [0.717, 1.165) is 12.5 Å². The Kier molecular flexibility index (Phi) is 7.38. The summed E-state index contributed by atoms with van der Waals surface area (Å²) in [5, 5.41) is 3.74. The van der Waals surface area contributed by atoms with E-state index in [2.05, 4.69) is 45.0 Å². The lowest BCUT2D eigenvalue weighted by atomic mass is 9.79. The monoisotopic (exact) mass is 268 g/mol. The van der Waals surface area contributed by atoms with Crippen LogP contribution in [-0.2, 0) is 0 Å². The Bertz CT molecular complexity index is 227. The minimum absolute atomic E-state index is 0.518. The predicted molar refractivity (Wildman–Crippen MR) is 85.6 cm³/mol. The number of hydrogen-bond donors (Lipinski definition) is 1. The highest BCUT2D eigenvalue weighted by Gasteiger charge is 2.32. The van der Waals surface area contributed by atoms with Crippen molar-refractivity contribution >= 4 is 0 Å². The Hall–Kier alpha value is -0.0800. The number of nitrogens with one attached hydrogen (secondary N) is 1. The lowest BCUT2D eigenvalue weighted by molar-refractivity contribution is 0.125. The quantitative estimate of drug-likeness (QED) is 0.704. The molecule has 2 nitrogen and oxygen atoms in total. The van der Waals surface area contributed by atoms with Gasteiger partial charge in [0.05, 0.1) is 0 Å². The van der Waals surface area contributed by atoms with E-state index in [1.54, 1.807) is 0 Å². The van der Waals surface area contributed by atoms with E-state index in [4.69, 9.17) is 0 Å². The van der Waals surface area contributed by atoms with E-state index in [-0.39, 0.29) is 0 Å². The molecule has 0 aromatic rings. The maximum absolute atomic E-state index is 3.74. The third-order valence-electron chi connectivity index (χ3n) is 4.68. The molecule has 0 aromatic carbocycles. The van der Waals surface area contributed by atoms with Crippen LogP contribution in [0.25, 0.3) is 0 Å². The molecule has 114 valence electrons. The fraction of sp³-hybridized carbons (Fsp3) is 1.00. The number of nitrogens with zero attached hydrogens (tertiary/aromatic N) is 1. The van der Waals surface area contributed by atoms with Crippen molar-refractivity contribution in [1.29, 1.82) is 0 Å². The van der Waals surface area contributed by atoms with Crippen LogP contribution in [-0.4, -0.2) is 37.6 Å². The first-order chi connectivity index (χ1) is 8.95. The smallest absolute Gasteiger partial charge is 0.00498 e. The molecule has 0 amide bonds. The van der Waals surface area contributed by atoms with Gasteiger partial charge in [-0.3, -0.25) is 0 Å². The molecular formula is C17H36N2. The van der Waals surface area contributed by atoms with Crippen molar-refractivity contribution in [2.24, 2.45) is 11.3 Å². The van der Waals surface area contributed by atoms with Crippen LogP contribution in [0.15, 0.2) is 0 Å². The Morgan fingerprint density at radius 2 is 1.58 bits per heavy atom. The van der Waals surface area contributed by atoms with Crippen LogP contribution in [0.1, 0.15) is 66.2 Å². The summed E-state index contributed by atoms with van der Waals surface area (Å²) in [4.78, 5) is 2.54. The summed E-state index contributed by atoms with van der Waals surface area (Å²) in [6.45, 7) is 12.9. The Morgan fingerprint density at radius 1 is 1.00 bits per heavy atom. The molecule has 1 saturated carbocycles. The van der Waals surface area contributed by atoms with Crippen LogP contribution in [0.2, 0.25) is 0 Å². The zero-order valence-electron chi connectivity index (χ0n) is 14.0. The van der Waals surface area contributed by atoms with Crippen molar-refractivity contribution in [2.45, 2.75) is 72.3 Å². The SMILES string of the molecule is CC(C)CNCC1(CN(C)C(C)C)CCCCCC1. The van der Waals surface area contributed by atoms with Crippen LogP contribution >= 0.6 is 0 Å². The van der Waals surface area contributed by atoms with E-state index in [1.165, 1.54) is 51.6 Å². The zero-order valence-corrected chi connectivity index (χ0v) is 14.0. The van der Waals surface area contributed by atoms with Gasteiger partial charge in [-0.15, -0.1) is 0 Å². The van der Waals surface area contributed by atoms with Gasteiger partial charge in [0.15, 0.2) is 0 Å². The molecule has 0 heterocycles. The first-order valence-corrected chi connectivity index (χ1v) is 8.36. The minimum Gasteiger partial charge on any atom is -0.316 e. The van der Waals surface area contributed by atoms with Gasteiger partial charge >= 0.3 is 0 Å². The molecule has 1 aliphatic rings. The number of rotatable bonds is 7. The lowest BCUT2D eigenvalue weighted by Gasteiger charge is -2.38. The molecule has 0 aromatic heterocycles. The van der Waals surface area contributed by atoms with Crippen LogP contribution in [0.5, 0.6) is 0 Å². The third kappa shape index (κ3) is 6.27. The van der Waals surface area contributed by atoms with Crippen LogP contribution < -0.4 is 5.32 Å². The average Bonchev–Trinajstić information content (AvgIpc) is 2.54. The fourth-order valence-corrected chi connectivity index (χ4v) is 3.21. The van der Waals surface area contributed by atoms with E-state index < -0.39 is 0 Å². The van der Waals surface area contributed by atoms with Gasteiger partial charge < -0.3 is 10.2 Å². The molecule has 0 radical (unpaired) electrons. The summed E-state index contributed by atoms with van der Waals surface area (Å²) in [5.74, 6) is 0.755. The van der Waals surface area contributed by atoms with Gasteiger partial charge in [0.2, 0.25) is 0 Å². The molecular weight excluding hydrogens is 232 g/mol. The highest BCUT2D eigenvalue weighted by atomic mass is 15.1. The summed E-state index contributed by atoms with van der Waals surface area (Å²) < 4.78 is 0. The van der Waals surface area contributed by atoms with Crippen molar-refractivity contribution in [3.8, 4) is 0 Å². The maximum atomic E-state index is 3.74. The summed E-state index contributed by atoms with van der Waals surface area (Å²) in [6.07, 6.45) is 8.56. The molecule has 0 spiro atoms. The molecule has 1 fully saturated rings. The number of hydrogen-bond acceptors (Lipinski definition) is 2. The molecule has 0 aliphatic heterocycles. The standard InChI is InChI=1S/C17H36N2/c1-15(2)12-18-13-17(14-19(5)16(3)4)10-8-6-7-9-11-17/h15-16,18H,6-14H2,1-5H3. The first-order valence-electron chi connectivity index (χ1n) is 8.36. The molecule has 0 unspecified atom stereocenters. The highest BCUT2D eigenvalue weighted by Crippen LogP contribution is 2.35. The predicted octanol–water partition coefficient (Wildman–Crippen LogP) is 3.91.